The molecule has 1 saturated heterocycles. The van der Waals surface area contributed by atoms with Gasteiger partial charge in [-0.15, -0.1) is 0 Å². The minimum Gasteiger partial charge on any atom is -0.362 e. The fourth-order valence-electron chi connectivity index (χ4n) is 3.76. The summed E-state index contributed by atoms with van der Waals surface area (Å²) < 4.78 is 0. The Labute approximate surface area is 177 Å². The second kappa shape index (κ2) is 9.68. The minimum atomic E-state index is 0.461. The summed E-state index contributed by atoms with van der Waals surface area (Å²) in [5, 5.41) is 11.0. The maximum absolute atomic E-state index is 6.28. The summed E-state index contributed by atoms with van der Waals surface area (Å²) >= 11 is 12.1. The number of likely N-dealkylation sites (N-methyl/N-ethyl adjacent to an activating group) is 1. The van der Waals surface area contributed by atoms with Gasteiger partial charge in [0.25, 0.3) is 0 Å². The molecule has 2 unspecified atom stereocenters. The number of nitrogens with two attached hydrogens (primary N) is 1. The van der Waals surface area contributed by atoms with Crippen LogP contribution in [0.5, 0.6) is 0 Å². The quantitative estimate of drug-likeness (QED) is 0.594. The molecule has 2 aromatic rings. The Morgan fingerprint density at radius 3 is 2.79 bits per heavy atom. The van der Waals surface area contributed by atoms with Crippen molar-refractivity contribution in [3.05, 3.63) is 51.4 Å². The molecule has 1 fully saturated rings. The Morgan fingerprint density at radius 1 is 1.21 bits per heavy atom. The van der Waals surface area contributed by atoms with E-state index in [2.05, 4.69) is 17.2 Å². The summed E-state index contributed by atoms with van der Waals surface area (Å²) in [6, 6.07) is 8.06. The number of rotatable bonds is 7. The summed E-state index contributed by atoms with van der Waals surface area (Å²) in [5.74, 6) is 1.64. The van der Waals surface area contributed by atoms with Gasteiger partial charge in [-0.3, -0.25) is 5.41 Å². The van der Waals surface area contributed by atoms with Gasteiger partial charge in [-0.2, -0.15) is 0 Å². The number of aromatic nitrogens is 2. The normalized spacial score (nSPS) is 19.4. The Hall–Kier alpha value is -1.69. The fraction of sp³-hybridized carbons (Fsp3) is 0.476. The van der Waals surface area contributed by atoms with Crippen molar-refractivity contribution in [3.8, 4) is 0 Å². The summed E-state index contributed by atoms with van der Waals surface area (Å²) in [7, 11) is 0. The molecule has 1 aliphatic heterocycles. The maximum atomic E-state index is 6.28. The molecule has 5 nitrogen and oxygen atoms in total. The maximum Gasteiger partial charge on any atom is 0.161 e. The lowest BCUT2D eigenvalue weighted by atomic mass is 10.1. The van der Waals surface area contributed by atoms with Crippen molar-refractivity contribution < 1.29 is 10.3 Å². The van der Waals surface area contributed by atoms with Gasteiger partial charge in [-0.05, 0) is 44.4 Å². The van der Waals surface area contributed by atoms with Crippen LogP contribution in [0.2, 0.25) is 10.0 Å². The monoisotopic (exact) mass is 421 g/mol. The number of nitrogens with zero attached hydrogens (tertiary/aromatic N) is 2. The first-order valence-electron chi connectivity index (χ1n) is 9.91. The minimum absolute atomic E-state index is 0.461. The largest absolute Gasteiger partial charge is 0.362 e. The van der Waals surface area contributed by atoms with Crippen molar-refractivity contribution in [2.45, 2.75) is 45.6 Å². The second-order valence-corrected chi connectivity index (χ2v) is 8.43. The lowest BCUT2D eigenvalue weighted by molar-refractivity contribution is -0.903. The molecule has 1 aromatic carbocycles. The molecule has 0 amide bonds. The molecule has 4 N–H and O–H groups in total. The molecule has 28 heavy (non-hydrogen) atoms. The summed E-state index contributed by atoms with van der Waals surface area (Å²) in [4.78, 5) is 10.9. The average Bonchev–Trinajstić information content (AvgIpc) is 2.64. The zero-order valence-electron chi connectivity index (χ0n) is 16.6. The van der Waals surface area contributed by atoms with Crippen LogP contribution >= 0.6 is 23.2 Å². The number of aryl methyl sites for hydroxylation is 1. The molecule has 0 bridgehead atoms. The van der Waals surface area contributed by atoms with Crippen LogP contribution in [0.1, 0.15) is 36.8 Å². The van der Waals surface area contributed by atoms with Gasteiger partial charge in [0.1, 0.15) is 11.6 Å². The Morgan fingerprint density at radius 2 is 2.04 bits per heavy atom. The number of benzene rings is 1. The number of anilines is 1. The van der Waals surface area contributed by atoms with E-state index in [0.29, 0.717) is 28.9 Å². The number of likely N-dealkylation sites (tertiary alicyclic amines) is 1. The molecule has 1 aromatic heterocycles. The number of halogens is 2. The van der Waals surface area contributed by atoms with Crippen molar-refractivity contribution in [2.75, 3.05) is 25.0 Å². The van der Waals surface area contributed by atoms with E-state index in [4.69, 9.17) is 33.6 Å². The molecular weight excluding hydrogens is 393 g/mol. The fourth-order valence-corrected chi connectivity index (χ4v) is 4.09. The predicted octanol–water partition coefficient (Wildman–Crippen LogP) is 1.56. The highest BCUT2D eigenvalue weighted by molar-refractivity contribution is 6.42. The van der Waals surface area contributed by atoms with Crippen LogP contribution in [0, 0.1) is 6.92 Å². The van der Waals surface area contributed by atoms with Crippen LogP contribution in [0.4, 0.5) is 5.82 Å². The highest BCUT2D eigenvalue weighted by Crippen LogP contribution is 2.23. The number of quaternary nitrogens is 1. The second-order valence-electron chi connectivity index (χ2n) is 7.61. The summed E-state index contributed by atoms with van der Waals surface area (Å²) in [6.45, 7) is 7.82. The van der Waals surface area contributed by atoms with E-state index in [1.54, 1.807) is 11.0 Å². The van der Waals surface area contributed by atoms with E-state index in [9.17, 15) is 0 Å². The lowest BCUT2D eigenvalue weighted by Crippen LogP contribution is -3.14. The first-order chi connectivity index (χ1) is 13.4. The molecule has 2 heterocycles. The number of hydrogen-bond donors (Lipinski definition) is 3. The highest BCUT2D eigenvalue weighted by Gasteiger charge is 2.22. The van der Waals surface area contributed by atoms with Crippen molar-refractivity contribution >= 4 is 34.7 Å². The Kier molecular flexibility index (Phi) is 7.27. The highest BCUT2D eigenvalue weighted by atomic mass is 35.5. The standard InChI is InChI=1S/C21H27Cl2N5/c1-3-28-8-4-5-17(13-28)26-20-9-14(2)25-21(27-20)12-16(24)10-15-6-7-18(22)19(23)11-15/h6-7,9,11,17,24H,3-5,8,10,12-13H2,1-2H3,(H,25,26,27)/p+2. The molecule has 0 radical (unpaired) electrons. The molecule has 2 atom stereocenters. The molecule has 0 saturated carbocycles. The average molecular weight is 422 g/mol. The van der Waals surface area contributed by atoms with Gasteiger partial charge in [0, 0.05) is 11.8 Å². The molecule has 3 rings (SSSR count). The predicted molar refractivity (Wildman–Crippen MR) is 115 cm³/mol. The zero-order chi connectivity index (χ0) is 20.1. The number of piperidine rings is 1. The van der Waals surface area contributed by atoms with Crippen LogP contribution in [0.3, 0.4) is 0 Å². The molecular formula is C21H29Cl2N5+2. The third kappa shape index (κ3) is 5.90. The topological polar surface area (TPSA) is 67.8 Å². The first-order valence-corrected chi connectivity index (χ1v) is 10.7. The molecule has 7 heteroatoms. The third-order valence-electron chi connectivity index (χ3n) is 5.17. The van der Waals surface area contributed by atoms with Gasteiger partial charge in [0.05, 0.1) is 48.6 Å². The van der Waals surface area contributed by atoms with Crippen LogP contribution < -0.4 is 15.6 Å². The van der Waals surface area contributed by atoms with E-state index in [-0.39, 0.29) is 0 Å². The summed E-state index contributed by atoms with van der Waals surface area (Å²) in [6.07, 6.45) is 3.59. The smallest absolute Gasteiger partial charge is 0.161 e. The van der Waals surface area contributed by atoms with Gasteiger partial charge >= 0.3 is 0 Å². The SMILES string of the molecule is CC[NH+]1CCCC(Nc2cc(C)nc(CC(=[NH2+])Cc3ccc(Cl)c(Cl)c3)n2)C1. The molecule has 150 valence electrons. The molecule has 0 aliphatic carbocycles. The van der Waals surface area contributed by atoms with Crippen molar-refractivity contribution in [2.24, 2.45) is 0 Å². The number of hydrogen-bond acceptors (Lipinski definition) is 3. The van der Waals surface area contributed by atoms with Crippen LogP contribution in [-0.2, 0) is 12.8 Å². The van der Waals surface area contributed by atoms with Crippen molar-refractivity contribution in [3.63, 3.8) is 0 Å². The third-order valence-corrected chi connectivity index (χ3v) is 5.91. The van der Waals surface area contributed by atoms with Crippen molar-refractivity contribution in [1.29, 1.82) is 0 Å². The van der Waals surface area contributed by atoms with Crippen molar-refractivity contribution in [1.82, 2.24) is 9.97 Å². The van der Waals surface area contributed by atoms with Crippen LogP contribution in [0.15, 0.2) is 24.3 Å². The number of nitrogens with one attached hydrogen (secondary N) is 2. The van der Waals surface area contributed by atoms with Crippen LogP contribution in [0.25, 0.3) is 0 Å². The van der Waals surface area contributed by atoms with Gasteiger partial charge in [0.2, 0.25) is 0 Å². The van der Waals surface area contributed by atoms with E-state index in [1.165, 1.54) is 25.9 Å². The van der Waals surface area contributed by atoms with Gasteiger partial charge in [-0.1, -0.05) is 29.3 Å². The lowest BCUT2D eigenvalue weighted by Gasteiger charge is -2.29. The van der Waals surface area contributed by atoms with Gasteiger partial charge in [-0.25, -0.2) is 9.97 Å². The van der Waals surface area contributed by atoms with E-state index < -0.39 is 0 Å². The Bertz CT molecular complexity index is 840. The van der Waals surface area contributed by atoms with Gasteiger partial charge in [0.15, 0.2) is 5.71 Å². The van der Waals surface area contributed by atoms with E-state index in [1.807, 2.05) is 25.1 Å². The Balaban J connectivity index is 1.63. The van der Waals surface area contributed by atoms with E-state index in [0.717, 1.165) is 35.2 Å². The van der Waals surface area contributed by atoms with Crippen LogP contribution in [-0.4, -0.2) is 41.4 Å². The summed E-state index contributed by atoms with van der Waals surface area (Å²) in [5.41, 5.74) is 2.78. The van der Waals surface area contributed by atoms with E-state index >= 15 is 0 Å². The molecule has 0 spiro atoms. The zero-order valence-corrected chi connectivity index (χ0v) is 18.1. The molecule has 1 aliphatic rings. The van der Waals surface area contributed by atoms with Gasteiger partial charge < -0.3 is 10.2 Å². The first kappa shape index (κ1) is 21.0.